The van der Waals surface area contributed by atoms with Gasteiger partial charge in [-0.25, -0.2) is 9.97 Å². The van der Waals surface area contributed by atoms with Crippen LogP contribution in [0.1, 0.15) is 25.7 Å². The molecule has 2 saturated heterocycles. The summed E-state index contributed by atoms with van der Waals surface area (Å²) < 4.78 is 11.9. The summed E-state index contributed by atoms with van der Waals surface area (Å²) in [5, 5.41) is 0. The van der Waals surface area contributed by atoms with Crippen LogP contribution in [0.5, 0.6) is 0 Å². The number of ether oxygens (including phenoxy) is 2. The normalized spacial score (nSPS) is 31.8. The van der Waals surface area contributed by atoms with Crippen LogP contribution in [0.2, 0.25) is 0 Å². The summed E-state index contributed by atoms with van der Waals surface area (Å²) in [5.74, 6) is 2.17. The van der Waals surface area contributed by atoms with Crippen LogP contribution in [-0.2, 0) is 9.47 Å². The topological polar surface area (TPSA) is 47.5 Å². The van der Waals surface area contributed by atoms with Crippen LogP contribution in [0.4, 0.5) is 5.95 Å². The Morgan fingerprint density at radius 2 is 2.09 bits per heavy atom. The molecule has 0 unspecified atom stereocenters. The Bertz CT molecular complexity index is 492. The van der Waals surface area contributed by atoms with Crippen LogP contribution in [0, 0.1) is 17.3 Å². The molecule has 0 N–H and O–H groups in total. The number of hydrogen-bond acceptors (Lipinski definition) is 5. The Hall–Kier alpha value is -1.20. The third-order valence-corrected chi connectivity index (χ3v) is 5.57. The van der Waals surface area contributed by atoms with Gasteiger partial charge in [0.25, 0.3) is 0 Å². The van der Waals surface area contributed by atoms with E-state index in [-0.39, 0.29) is 5.41 Å². The molecule has 5 heteroatoms. The summed E-state index contributed by atoms with van der Waals surface area (Å²) in [6.45, 7) is 5.33. The van der Waals surface area contributed by atoms with E-state index >= 15 is 0 Å². The summed E-state index contributed by atoms with van der Waals surface area (Å²) in [5.41, 5.74) is 0.137. The minimum absolute atomic E-state index is 0.137. The van der Waals surface area contributed by atoms with E-state index in [1.165, 1.54) is 25.7 Å². The lowest BCUT2D eigenvalue weighted by atomic mass is 9.82. The maximum atomic E-state index is 6.14. The molecule has 0 spiro atoms. The summed E-state index contributed by atoms with van der Waals surface area (Å²) in [6.07, 6.45) is 9.08. The van der Waals surface area contributed by atoms with Gasteiger partial charge in [-0.15, -0.1) is 0 Å². The average Bonchev–Trinajstić information content (AvgIpc) is 3.23. The lowest BCUT2D eigenvalue weighted by Crippen LogP contribution is -2.36. The molecule has 3 aliphatic rings. The molecule has 0 aromatic carbocycles. The minimum Gasteiger partial charge on any atom is -0.380 e. The molecule has 1 aromatic heterocycles. The van der Waals surface area contributed by atoms with Crippen molar-refractivity contribution in [3.05, 3.63) is 18.5 Å². The van der Waals surface area contributed by atoms with Crippen LogP contribution in [0.25, 0.3) is 0 Å². The zero-order chi connectivity index (χ0) is 14.8. The van der Waals surface area contributed by atoms with Crippen molar-refractivity contribution >= 4 is 5.95 Å². The third kappa shape index (κ3) is 2.72. The fourth-order valence-corrected chi connectivity index (χ4v) is 4.25. The zero-order valence-electron chi connectivity index (χ0n) is 13.1. The quantitative estimate of drug-likeness (QED) is 0.834. The van der Waals surface area contributed by atoms with Gasteiger partial charge in [0.1, 0.15) is 0 Å². The molecule has 4 rings (SSSR count). The first-order valence-electron chi connectivity index (χ1n) is 8.53. The van der Waals surface area contributed by atoms with Crippen molar-refractivity contribution in [3.63, 3.8) is 0 Å². The van der Waals surface area contributed by atoms with Gasteiger partial charge in [0, 0.05) is 43.4 Å². The highest BCUT2D eigenvalue weighted by molar-refractivity contribution is 5.33. The van der Waals surface area contributed by atoms with E-state index in [4.69, 9.17) is 9.47 Å². The van der Waals surface area contributed by atoms with Crippen LogP contribution in [-0.4, -0.2) is 49.5 Å². The number of fused-ring (bicyclic) bond motifs is 1. The maximum Gasteiger partial charge on any atom is 0.225 e. The molecule has 0 bridgehead atoms. The van der Waals surface area contributed by atoms with Crippen LogP contribution >= 0.6 is 0 Å². The van der Waals surface area contributed by atoms with Gasteiger partial charge in [0.15, 0.2) is 0 Å². The summed E-state index contributed by atoms with van der Waals surface area (Å²) >= 11 is 0. The second-order valence-electron chi connectivity index (χ2n) is 7.17. The summed E-state index contributed by atoms with van der Waals surface area (Å²) in [7, 11) is 0. The van der Waals surface area contributed by atoms with Gasteiger partial charge in [0.2, 0.25) is 5.95 Å². The molecule has 2 aliphatic heterocycles. The van der Waals surface area contributed by atoms with Gasteiger partial charge >= 0.3 is 0 Å². The van der Waals surface area contributed by atoms with Gasteiger partial charge in [0.05, 0.1) is 19.8 Å². The Labute approximate surface area is 132 Å². The Balaban J connectivity index is 1.38. The predicted molar refractivity (Wildman–Crippen MR) is 83.8 cm³/mol. The van der Waals surface area contributed by atoms with Crippen molar-refractivity contribution in [2.24, 2.45) is 17.3 Å². The average molecular weight is 303 g/mol. The smallest absolute Gasteiger partial charge is 0.225 e. The van der Waals surface area contributed by atoms with E-state index in [1.807, 2.05) is 18.5 Å². The summed E-state index contributed by atoms with van der Waals surface area (Å²) in [6, 6.07) is 1.87. The monoisotopic (exact) mass is 303 g/mol. The highest BCUT2D eigenvalue weighted by Gasteiger charge is 2.51. The van der Waals surface area contributed by atoms with Gasteiger partial charge in [-0.05, 0) is 24.8 Å². The van der Waals surface area contributed by atoms with Crippen molar-refractivity contribution in [3.8, 4) is 0 Å². The molecule has 1 saturated carbocycles. The molecule has 2 atom stereocenters. The lowest BCUT2D eigenvalue weighted by Gasteiger charge is -2.27. The standard InChI is InChI=1S/C17H25N3O2/c1-2-5-14(4-1)9-21-12-17-11-20(8-15(17)10-22-13-17)16-18-6-3-7-19-16/h3,6-7,14-15H,1-2,4-5,8-13H2/t15-,17-/m0/s1. The van der Waals surface area contributed by atoms with Crippen molar-refractivity contribution in [2.45, 2.75) is 25.7 Å². The number of anilines is 1. The van der Waals surface area contributed by atoms with E-state index < -0.39 is 0 Å². The second kappa shape index (κ2) is 6.13. The van der Waals surface area contributed by atoms with E-state index in [0.29, 0.717) is 5.92 Å². The van der Waals surface area contributed by atoms with E-state index in [2.05, 4.69) is 14.9 Å². The van der Waals surface area contributed by atoms with Crippen molar-refractivity contribution in [2.75, 3.05) is 44.4 Å². The molecule has 22 heavy (non-hydrogen) atoms. The number of aromatic nitrogens is 2. The first-order chi connectivity index (χ1) is 10.9. The molecule has 5 nitrogen and oxygen atoms in total. The number of nitrogens with zero attached hydrogens (tertiary/aromatic N) is 3. The van der Waals surface area contributed by atoms with Crippen molar-refractivity contribution < 1.29 is 9.47 Å². The molecule has 0 radical (unpaired) electrons. The fraction of sp³-hybridized carbons (Fsp3) is 0.765. The molecule has 3 fully saturated rings. The summed E-state index contributed by atoms with van der Waals surface area (Å²) in [4.78, 5) is 11.1. The molecule has 120 valence electrons. The van der Waals surface area contributed by atoms with Gasteiger partial charge < -0.3 is 14.4 Å². The molecular formula is C17H25N3O2. The SMILES string of the molecule is c1cnc(N2C[C@H]3COC[C@@]3(COCC3CCCC3)C2)nc1. The van der Waals surface area contributed by atoms with E-state index in [0.717, 1.165) is 51.4 Å². The fourth-order valence-electron chi connectivity index (χ4n) is 4.25. The third-order valence-electron chi connectivity index (χ3n) is 5.57. The second-order valence-corrected chi connectivity index (χ2v) is 7.17. The highest BCUT2D eigenvalue weighted by atomic mass is 16.5. The maximum absolute atomic E-state index is 6.14. The van der Waals surface area contributed by atoms with Gasteiger partial charge in [-0.3, -0.25) is 0 Å². The lowest BCUT2D eigenvalue weighted by molar-refractivity contribution is 0.0194. The molecule has 1 aliphatic carbocycles. The van der Waals surface area contributed by atoms with Crippen molar-refractivity contribution in [1.29, 1.82) is 0 Å². The van der Waals surface area contributed by atoms with Crippen LogP contribution in [0.3, 0.4) is 0 Å². The van der Waals surface area contributed by atoms with Crippen molar-refractivity contribution in [1.82, 2.24) is 9.97 Å². The van der Waals surface area contributed by atoms with Gasteiger partial charge in [-0.1, -0.05) is 12.8 Å². The Morgan fingerprint density at radius 3 is 2.91 bits per heavy atom. The highest BCUT2D eigenvalue weighted by Crippen LogP contribution is 2.42. The largest absolute Gasteiger partial charge is 0.380 e. The van der Waals surface area contributed by atoms with Gasteiger partial charge in [-0.2, -0.15) is 0 Å². The van der Waals surface area contributed by atoms with Crippen LogP contribution in [0.15, 0.2) is 18.5 Å². The molecule has 1 aromatic rings. The first kappa shape index (κ1) is 14.4. The van der Waals surface area contributed by atoms with Crippen LogP contribution < -0.4 is 4.90 Å². The van der Waals surface area contributed by atoms with E-state index in [9.17, 15) is 0 Å². The number of hydrogen-bond donors (Lipinski definition) is 0. The van der Waals surface area contributed by atoms with E-state index in [1.54, 1.807) is 0 Å². The number of rotatable bonds is 5. The molecular weight excluding hydrogens is 278 g/mol. The predicted octanol–water partition coefficient (Wildman–Crippen LogP) is 2.14. The first-order valence-corrected chi connectivity index (χ1v) is 8.53. The molecule has 0 amide bonds. The Morgan fingerprint density at radius 1 is 1.27 bits per heavy atom. The molecule has 3 heterocycles. The minimum atomic E-state index is 0.137. The Kier molecular flexibility index (Phi) is 4.01. The zero-order valence-corrected chi connectivity index (χ0v) is 13.1.